The van der Waals surface area contributed by atoms with E-state index in [-0.39, 0.29) is 6.04 Å². The number of imidazole rings is 1. The molecule has 1 atom stereocenters. The van der Waals surface area contributed by atoms with Gasteiger partial charge in [0.05, 0.1) is 11.0 Å². The largest absolute Gasteiger partial charge is 0.328 e. The topological polar surface area (TPSA) is 43.8 Å². The Hall–Kier alpha value is -1.06. The highest BCUT2D eigenvalue weighted by atomic mass is 35.5. The normalized spacial score (nSPS) is 17.3. The van der Waals surface area contributed by atoms with Crippen LogP contribution in [0.15, 0.2) is 18.2 Å². The fourth-order valence-electron chi connectivity index (χ4n) is 2.39. The molecule has 1 aliphatic carbocycles. The van der Waals surface area contributed by atoms with Crippen molar-refractivity contribution in [1.82, 2.24) is 9.55 Å². The van der Waals surface area contributed by atoms with Gasteiger partial charge in [0, 0.05) is 23.5 Å². The first-order valence-corrected chi connectivity index (χ1v) is 6.95. The number of aromatic nitrogens is 2. The van der Waals surface area contributed by atoms with Crippen LogP contribution < -0.4 is 5.73 Å². The monoisotopic (exact) mass is 263 g/mol. The van der Waals surface area contributed by atoms with Crippen molar-refractivity contribution in [3.05, 3.63) is 29.0 Å². The van der Waals surface area contributed by atoms with E-state index >= 15 is 0 Å². The molecule has 0 spiro atoms. The summed E-state index contributed by atoms with van der Waals surface area (Å²) < 4.78 is 2.36. The summed E-state index contributed by atoms with van der Waals surface area (Å²) in [6, 6.07) is 6.78. The van der Waals surface area contributed by atoms with Crippen molar-refractivity contribution in [2.45, 2.75) is 44.7 Å². The molecule has 2 aromatic rings. The molecule has 3 nitrogen and oxygen atoms in total. The number of fused-ring (bicyclic) bond motifs is 1. The summed E-state index contributed by atoms with van der Waals surface area (Å²) in [6.07, 6.45) is 4.43. The summed E-state index contributed by atoms with van der Waals surface area (Å²) in [4.78, 5) is 4.74. The van der Waals surface area contributed by atoms with Crippen LogP contribution in [0.4, 0.5) is 0 Å². The van der Waals surface area contributed by atoms with Gasteiger partial charge >= 0.3 is 0 Å². The summed E-state index contributed by atoms with van der Waals surface area (Å²) in [6.45, 7) is 2.04. The van der Waals surface area contributed by atoms with Crippen molar-refractivity contribution in [3.63, 3.8) is 0 Å². The van der Waals surface area contributed by atoms with Crippen LogP contribution in [0.5, 0.6) is 0 Å². The van der Waals surface area contributed by atoms with Gasteiger partial charge in [-0.3, -0.25) is 0 Å². The number of hydrogen-bond acceptors (Lipinski definition) is 2. The van der Waals surface area contributed by atoms with Crippen LogP contribution in [0, 0.1) is 0 Å². The van der Waals surface area contributed by atoms with Crippen LogP contribution >= 0.6 is 11.6 Å². The van der Waals surface area contributed by atoms with E-state index in [1.165, 1.54) is 18.4 Å². The van der Waals surface area contributed by atoms with Crippen molar-refractivity contribution in [1.29, 1.82) is 0 Å². The molecule has 1 saturated carbocycles. The minimum Gasteiger partial charge on any atom is -0.328 e. The van der Waals surface area contributed by atoms with Gasteiger partial charge in [-0.2, -0.15) is 0 Å². The molecule has 96 valence electrons. The minimum atomic E-state index is 0.223. The van der Waals surface area contributed by atoms with Crippen LogP contribution in [-0.2, 0) is 6.42 Å². The fraction of sp³-hybridized carbons (Fsp3) is 0.500. The second-order valence-corrected chi connectivity index (χ2v) is 5.71. The third-order valence-electron chi connectivity index (χ3n) is 3.46. The van der Waals surface area contributed by atoms with E-state index in [9.17, 15) is 0 Å². The number of nitrogens with two attached hydrogens (primary N) is 1. The number of aryl methyl sites for hydroxylation is 1. The lowest BCUT2D eigenvalue weighted by Gasteiger charge is -2.09. The molecule has 4 heteroatoms. The molecule has 0 amide bonds. The number of rotatable bonds is 4. The van der Waals surface area contributed by atoms with E-state index in [4.69, 9.17) is 22.3 Å². The second-order valence-electron chi connectivity index (χ2n) is 5.28. The molecule has 18 heavy (non-hydrogen) atoms. The van der Waals surface area contributed by atoms with E-state index in [1.54, 1.807) is 0 Å². The maximum absolute atomic E-state index is 6.09. The van der Waals surface area contributed by atoms with E-state index in [0.29, 0.717) is 6.04 Å². The lowest BCUT2D eigenvalue weighted by molar-refractivity contribution is 0.615. The molecule has 0 saturated heterocycles. The molecule has 1 fully saturated rings. The molecule has 3 rings (SSSR count). The Bertz CT molecular complexity index is 570. The molecule has 0 bridgehead atoms. The Kier molecular flexibility index (Phi) is 3.04. The first-order chi connectivity index (χ1) is 8.65. The van der Waals surface area contributed by atoms with Crippen LogP contribution in [0.2, 0.25) is 5.02 Å². The Balaban J connectivity index is 2.04. The number of benzene rings is 1. The zero-order valence-electron chi connectivity index (χ0n) is 10.6. The van der Waals surface area contributed by atoms with Gasteiger partial charge in [0.2, 0.25) is 0 Å². The van der Waals surface area contributed by atoms with E-state index < -0.39 is 0 Å². The molecular formula is C14H18ClN3. The van der Waals surface area contributed by atoms with Crippen LogP contribution in [0.1, 0.15) is 38.1 Å². The highest BCUT2D eigenvalue weighted by Crippen LogP contribution is 2.39. The summed E-state index contributed by atoms with van der Waals surface area (Å²) in [5.74, 6) is 1.16. The first-order valence-electron chi connectivity index (χ1n) is 6.57. The standard InChI is InChI=1S/C14H18ClN3/c1-9(16)2-7-14-17-12-6-3-10(15)8-13(12)18(14)11-4-5-11/h3,6,8-9,11H,2,4-5,7,16H2,1H3. The Labute approximate surface area is 112 Å². The van der Waals surface area contributed by atoms with Crippen molar-refractivity contribution in [2.75, 3.05) is 0 Å². The average Bonchev–Trinajstić information content (AvgIpc) is 3.08. The SMILES string of the molecule is CC(N)CCc1nc2ccc(Cl)cc2n1C1CC1. The van der Waals surface area contributed by atoms with E-state index in [0.717, 1.165) is 29.2 Å². The molecule has 1 heterocycles. The van der Waals surface area contributed by atoms with Gasteiger partial charge in [-0.05, 0) is 44.4 Å². The van der Waals surface area contributed by atoms with Crippen LogP contribution in [-0.4, -0.2) is 15.6 Å². The second kappa shape index (κ2) is 4.56. The zero-order valence-corrected chi connectivity index (χ0v) is 11.3. The summed E-state index contributed by atoms with van der Waals surface area (Å²) in [5, 5.41) is 0.781. The van der Waals surface area contributed by atoms with E-state index in [2.05, 4.69) is 4.57 Å². The first kappa shape index (κ1) is 12.0. The predicted octanol–water partition coefficient (Wildman–Crippen LogP) is 3.30. The fourth-order valence-corrected chi connectivity index (χ4v) is 2.56. The van der Waals surface area contributed by atoms with Gasteiger partial charge in [-0.15, -0.1) is 0 Å². The van der Waals surface area contributed by atoms with Crippen molar-refractivity contribution in [3.8, 4) is 0 Å². The highest BCUT2D eigenvalue weighted by molar-refractivity contribution is 6.31. The zero-order chi connectivity index (χ0) is 12.7. The molecule has 1 aromatic carbocycles. The molecule has 1 unspecified atom stereocenters. The molecular weight excluding hydrogens is 246 g/mol. The molecule has 0 aliphatic heterocycles. The van der Waals surface area contributed by atoms with Gasteiger partial charge < -0.3 is 10.3 Å². The maximum atomic E-state index is 6.09. The number of hydrogen-bond donors (Lipinski definition) is 1. The summed E-state index contributed by atoms with van der Waals surface area (Å²) in [7, 11) is 0. The minimum absolute atomic E-state index is 0.223. The molecule has 2 N–H and O–H groups in total. The van der Waals surface area contributed by atoms with Gasteiger partial charge in [0.15, 0.2) is 0 Å². The van der Waals surface area contributed by atoms with Gasteiger partial charge in [-0.1, -0.05) is 11.6 Å². The molecule has 1 aromatic heterocycles. The van der Waals surface area contributed by atoms with Crippen LogP contribution in [0.3, 0.4) is 0 Å². The number of halogens is 1. The quantitative estimate of drug-likeness (QED) is 0.920. The Morgan fingerprint density at radius 2 is 2.28 bits per heavy atom. The summed E-state index contributed by atoms with van der Waals surface area (Å²) in [5.41, 5.74) is 8.06. The molecule has 0 radical (unpaired) electrons. The highest BCUT2D eigenvalue weighted by Gasteiger charge is 2.28. The number of nitrogens with zero attached hydrogens (tertiary/aromatic N) is 2. The van der Waals surface area contributed by atoms with Crippen molar-refractivity contribution >= 4 is 22.6 Å². The third kappa shape index (κ3) is 2.25. The maximum Gasteiger partial charge on any atom is 0.110 e. The third-order valence-corrected chi connectivity index (χ3v) is 3.69. The molecule has 1 aliphatic rings. The average molecular weight is 264 g/mol. The Morgan fingerprint density at radius 3 is 2.94 bits per heavy atom. The smallest absolute Gasteiger partial charge is 0.110 e. The van der Waals surface area contributed by atoms with Crippen molar-refractivity contribution in [2.24, 2.45) is 5.73 Å². The van der Waals surface area contributed by atoms with Gasteiger partial charge in [0.25, 0.3) is 0 Å². The predicted molar refractivity (Wildman–Crippen MR) is 75.0 cm³/mol. The Morgan fingerprint density at radius 1 is 1.50 bits per heavy atom. The van der Waals surface area contributed by atoms with Crippen molar-refractivity contribution < 1.29 is 0 Å². The lowest BCUT2D eigenvalue weighted by atomic mass is 10.2. The van der Waals surface area contributed by atoms with Gasteiger partial charge in [0.1, 0.15) is 5.82 Å². The lowest BCUT2D eigenvalue weighted by Crippen LogP contribution is -2.16. The van der Waals surface area contributed by atoms with Gasteiger partial charge in [-0.25, -0.2) is 4.98 Å². The summed E-state index contributed by atoms with van der Waals surface area (Å²) >= 11 is 6.09. The van der Waals surface area contributed by atoms with E-state index in [1.807, 2.05) is 25.1 Å². The van der Waals surface area contributed by atoms with Crippen LogP contribution in [0.25, 0.3) is 11.0 Å².